The second-order valence-electron chi connectivity index (χ2n) is 7.18. The zero-order valence-corrected chi connectivity index (χ0v) is 17.8. The molecule has 0 bridgehead atoms. The number of para-hydroxylation sites is 3. The molecule has 2 heterocycles. The Hall–Kier alpha value is -3.38. The maximum atomic E-state index is 13.6. The van der Waals surface area contributed by atoms with Crippen molar-refractivity contribution in [1.82, 2.24) is 0 Å². The normalized spacial score (nSPS) is 14.1. The molecule has 1 aliphatic heterocycles. The molecule has 0 radical (unpaired) electrons. The van der Waals surface area contributed by atoms with Crippen molar-refractivity contribution in [2.75, 3.05) is 16.8 Å². The van der Waals surface area contributed by atoms with Crippen LogP contribution in [-0.4, -0.2) is 25.0 Å². The van der Waals surface area contributed by atoms with Gasteiger partial charge in [-0.1, -0.05) is 36.4 Å². The van der Waals surface area contributed by atoms with Crippen LogP contribution in [0.2, 0.25) is 0 Å². The number of anilines is 2. The molecule has 0 unspecified atom stereocenters. The molecule has 0 atom stereocenters. The van der Waals surface area contributed by atoms with Crippen molar-refractivity contribution in [3.05, 3.63) is 82.7 Å². The first-order valence-corrected chi connectivity index (χ1v) is 10.6. The summed E-state index contributed by atoms with van der Waals surface area (Å²) in [6.45, 7) is 3.82. The molecule has 2 amide bonds. The first-order valence-electron chi connectivity index (χ1n) is 9.70. The quantitative estimate of drug-likeness (QED) is 0.531. The van der Waals surface area contributed by atoms with Crippen molar-refractivity contribution in [2.45, 2.75) is 20.0 Å². The van der Waals surface area contributed by atoms with Crippen LogP contribution in [-0.2, 0) is 9.59 Å². The van der Waals surface area contributed by atoms with E-state index in [0.717, 1.165) is 10.6 Å². The predicted octanol–water partition coefficient (Wildman–Crippen LogP) is 4.96. The number of carbonyl (C=O) groups excluding carboxylic acids is 2. The van der Waals surface area contributed by atoms with Gasteiger partial charge in [0.1, 0.15) is 11.4 Å². The van der Waals surface area contributed by atoms with Crippen LogP contribution in [0.4, 0.5) is 11.4 Å². The molecule has 3 aromatic rings. The Bertz CT molecular complexity index is 1100. The van der Waals surface area contributed by atoms with Gasteiger partial charge in [-0.25, -0.2) is 4.90 Å². The van der Waals surface area contributed by atoms with Crippen LogP contribution < -0.4 is 14.5 Å². The van der Waals surface area contributed by atoms with E-state index < -0.39 is 0 Å². The first-order chi connectivity index (χ1) is 14.5. The highest BCUT2D eigenvalue weighted by Crippen LogP contribution is 2.40. The van der Waals surface area contributed by atoms with Gasteiger partial charge in [0.2, 0.25) is 0 Å². The summed E-state index contributed by atoms with van der Waals surface area (Å²) in [5.74, 6) is -0.210. The molecule has 5 nitrogen and oxygen atoms in total. The Kier molecular flexibility index (Phi) is 5.42. The molecular formula is C24H22N2O3S. The zero-order chi connectivity index (χ0) is 21.3. The highest BCUT2D eigenvalue weighted by Gasteiger charge is 2.43. The van der Waals surface area contributed by atoms with Crippen LogP contribution in [0, 0.1) is 0 Å². The molecule has 0 saturated heterocycles. The van der Waals surface area contributed by atoms with Crippen molar-refractivity contribution < 1.29 is 14.3 Å². The number of rotatable bonds is 6. The van der Waals surface area contributed by atoms with E-state index in [2.05, 4.69) is 0 Å². The molecule has 0 spiro atoms. The number of benzene rings is 2. The van der Waals surface area contributed by atoms with Gasteiger partial charge in [-0.3, -0.25) is 9.59 Å². The van der Waals surface area contributed by atoms with Crippen molar-refractivity contribution in [2.24, 2.45) is 0 Å². The Balaban J connectivity index is 1.84. The number of hydrogen-bond acceptors (Lipinski definition) is 5. The number of thiophene rings is 1. The van der Waals surface area contributed by atoms with Crippen LogP contribution in [0.3, 0.4) is 0 Å². The third-order valence-electron chi connectivity index (χ3n) is 4.77. The summed E-state index contributed by atoms with van der Waals surface area (Å²) >= 11 is 1.44. The molecule has 1 aromatic heterocycles. The van der Waals surface area contributed by atoms with E-state index >= 15 is 0 Å². The molecule has 6 heteroatoms. The molecule has 4 rings (SSSR count). The van der Waals surface area contributed by atoms with Gasteiger partial charge >= 0.3 is 0 Å². The lowest BCUT2D eigenvalue weighted by molar-refractivity contribution is -0.120. The number of ether oxygens (including phenoxy) is 1. The second-order valence-corrected chi connectivity index (χ2v) is 8.12. The molecule has 0 saturated carbocycles. The summed E-state index contributed by atoms with van der Waals surface area (Å²) < 4.78 is 5.89. The van der Waals surface area contributed by atoms with Gasteiger partial charge in [0.05, 0.1) is 17.4 Å². The van der Waals surface area contributed by atoms with Gasteiger partial charge in [-0.2, -0.15) is 0 Å². The first kappa shape index (κ1) is 19.9. The summed E-state index contributed by atoms with van der Waals surface area (Å²) in [4.78, 5) is 31.0. The standard InChI is InChI=1S/C24H22N2O3S/c1-16(2)29-19-13-8-7-12-18(19)26-23(27)21(20-14-9-15-30-20)22(24(26)28)25(3)17-10-5-4-6-11-17/h4-16H,1-3H3. The van der Waals surface area contributed by atoms with Gasteiger partial charge < -0.3 is 9.64 Å². The van der Waals surface area contributed by atoms with Gasteiger partial charge in [-0.15, -0.1) is 11.3 Å². The average molecular weight is 419 g/mol. The summed E-state index contributed by atoms with van der Waals surface area (Å²) in [6, 6.07) is 20.4. The number of amides is 2. The molecule has 0 fully saturated rings. The SMILES string of the molecule is CC(C)Oc1ccccc1N1C(=O)C(c2cccs2)=C(N(C)c2ccccc2)C1=O. The lowest BCUT2D eigenvalue weighted by atomic mass is 10.1. The monoisotopic (exact) mass is 418 g/mol. The Labute approximate surface area is 179 Å². The van der Waals surface area contributed by atoms with Gasteiger partial charge in [0.25, 0.3) is 11.8 Å². The largest absolute Gasteiger partial charge is 0.489 e. The van der Waals surface area contributed by atoms with E-state index in [1.807, 2.05) is 74.8 Å². The Morgan fingerprint density at radius 3 is 2.27 bits per heavy atom. The number of imide groups is 1. The number of carbonyl (C=O) groups is 2. The fourth-order valence-electron chi connectivity index (χ4n) is 3.47. The number of likely N-dealkylation sites (N-methyl/N-ethyl adjacent to an activating group) is 1. The highest BCUT2D eigenvalue weighted by atomic mass is 32.1. The summed E-state index contributed by atoms with van der Waals surface area (Å²) in [5, 5.41) is 1.90. The number of nitrogens with zero attached hydrogens (tertiary/aromatic N) is 2. The van der Waals surface area contributed by atoms with Crippen LogP contribution in [0.1, 0.15) is 18.7 Å². The fraction of sp³-hybridized carbons (Fsp3) is 0.167. The molecular weight excluding hydrogens is 396 g/mol. The van der Waals surface area contributed by atoms with Crippen LogP contribution >= 0.6 is 11.3 Å². The van der Waals surface area contributed by atoms with E-state index in [4.69, 9.17) is 4.74 Å². The zero-order valence-electron chi connectivity index (χ0n) is 17.0. The van der Waals surface area contributed by atoms with E-state index in [0.29, 0.717) is 22.7 Å². The van der Waals surface area contributed by atoms with Gasteiger partial charge in [0.15, 0.2) is 0 Å². The summed E-state index contributed by atoms with van der Waals surface area (Å²) in [5.41, 5.74) is 2.04. The molecule has 30 heavy (non-hydrogen) atoms. The van der Waals surface area contributed by atoms with Gasteiger partial charge in [-0.05, 0) is 49.6 Å². The Morgan fingerprint density at radius 2 is 1.60 bits per heavy atom. The Morgan fingerprint density at radius 1 is 0.900 bits per heavy atom. The third-order valence-corrected chi connectivity index (χ3v) is 5.66. The molecule has 0 aliphatic carbocycles. The minimum absolute atomic E-state index is 0.0878. The second kappa shape index (κ2) is 8.16. The van der Waals surface area contributed by atoms with Gasteiger partial charge in [0, 0.05) is 17.6 Å². The fourth-order valence-corrected chi connectivity index (χ4v) is 4.23. The third kappa shape index (κ3) is 3.50. The van der Waals surface area contributed by atoms with E-state index in [9.17, 15) is 9.59 Å². The lowest BCUT2D eigenvalue weighted by Crippen LogP contribution is -2.34. The van der Waals surface area contributed by atoms with Crippen LogP contribution in [0.25, 0.3) is 5.57 Å². The highest BCUT2D eigenvalue weighted by molar-refractivity contribution is 7.11. The number of hydrogen-bond donors (Lipinski definition) is 0. The van der Waals surface area contributed by atoms with E-state index in [1.165, 1.54) is 16.2 Å². The average Bonchev–Trinajstić information content (AvgIpc) is 3.34. The van der Waals surface area contributed by atoms with Crippen molar-refractivity contribution in [3.8, 4) is 5.75 Å². The maximum absolute atomic E-state index is 13.6. The summed E-state index contributed by atoms with van der Waals surface area (Å²) in [6.07, 6.45) is -0.0878. The summed E-state index contributed by atoms with van der Waals surface area (Å²) in [7, 11) is 1.81. The minimum Gasteiger partial charge on any atom is -0.489 e. The molecule has 0 N–H and O–H groups in total. The minimum atomic E-state index is -0.366. The molecule has 1 aliphatic rings. The van der Waals surface area contributed by atoms with Crippen LogP contribution in [0.5, 0.6) is 5.75 Å². The van der Waals surface area contributed by atoms with E-state index in [1.54, 1.807) is 23.1 Å². The lowest BCUT2D eigenvalue weighted by Gasteiger charge is -2.23. The van der Waals surface area contributed by atoms with Crippen molar-refractivity contribution >= 4 is 40.1 Å². The smallest absolute Gasteiger partial charge is 0.282 e. The molecule has 2 aromatic carbocycles. The topological polar surface area (TPSA) is 49.9 Å². The van der Waals surface area contributed by atoms with Crippen molar-refractivity contribution in [3.63, 3.8) is 0 Å². The van der Waals surface area contributed by atoms with Crippen molar-refractivity contribution in [1.29, 1.82) is 0 Å². The van der Waals surface area contributed by atoms with Crippen LogP contribution in [0.15, 0.2) is 77.8 Å². The molecule has 152 valence electrons. The predicted molar refractivity (Wildman–Crippen MR) is 121 cm³/mol. The maximum Gasteiger partial charge on any atom is 0.282 e. The van der Waals surface area contributed by atoms with E-state index in [-0.39, 0.29) is 17.9 Å².